The fraction of sp³-hybridized carbons (Fsp3) is 0.636. The van der Waals surface area contributed by atoms with Gasteiger partial charge in [0.15, 0.2) is 0 Å². The summed E-state index contributed by atoms with van der Waals surface area (Å²) >= 11 is 0. The lowest BCUT2D eigenvalue weighted by atomic mass is 9.83. The van der Waals surface area contributed by atoms with E-state index in [1.807, 2.05) is 6.20 Å². The molecule has 3 aliphatic heterocycles. The van der Waals surface area contributed by atoms with Gasteiger partial charge in [0.25, 0.3) is 0 Å². The smallest absolute Gasteiger partial charge is 0.241 e. The average molecular weight is 580 g/mol. The molecule has 1 aromatic carbocycles. The van der Waals surface area contributed by atoms with Crippen LogP contribution in [0.25, 0.3) is 0 Å². The monoisotopic (exact) mass is 579 g/mol. The van der Waals surface area contributed by atoms with Crippen LogP contribution >= 0.6 is 0 Å². The molecule has 42 heavy (non-hydrogen) atoms. The van der Waals surface area contributed by atoms with Crippen LogP contribution in [0.1, 0.15) is 57.1 Å². The molecule has 4 aliphatic rings. The van der Waals surface area contributed by atoms with Gasteiger partial charge in [0.1, 0.15) is 18.1 Å². The van der Waals surface area contributed by atoms with Crippen molar-refractivity contribution >= 4 is 11.6 Å². The summed E-state index contributed by atoms with van der Waals surface area (Å²) in [5.41, 5.74) is 2.77. The van der Waals surface area contributed by atoms with E-state index in [-0.39, 0.29) is 23.8 Å². The Bertz CT molecular complexity index is 1210. The van der Waals surface area contributed by atoms with Crippen LogP contribution < -0.4 is 15.0 Å². The van der Waals surface area contributed by atoms with Gasteiger partial charge in [0, 0.05) is 50.5 Å². The molecule has 1 aliphatic carbocycles. The Balaban J connectivity index is 1.26. The molecular weight excluding hydrogens is 533 g/mol. The number of nitrogens with zero attached hydrogens (tertiary/aromatic N) is 4. The topological polar surface area (TPSA) is 70.2 Å². The number of hydrogen-bond acceptors (Lipinski definition) is 7. The van der Waals surface area contributed by atoms with Gasteiger partial charge in [-0.05, 0) is 68.4 Å². The highest BCUT2D eigenvalue weighted by Crippen LogP contribution is 2.39. The molecule has 0 spiro atoms. The summed E-state index contributed by atoms with van der Waals surface area (Å²) in [4.78, 5) is 26.1. The minimum Gasteiger partial charge on any atom is -0.474 e. The number of ether oxygens (including phenoxy) is 2. The Morgan fingerprint density at radius 3 is 2.67 bits per heavy atom. The number of carbonyl (C=O) groups excluding carboxylic acids is 1. The lowest BCUT2D eigenvalue weighted by molar-refractivity contribution is -0.122. The summed E-state index contributed by atoms with van der Waals surface area (Å²) in [6, 6.07) is 9.62. The van der Waals surface area contributed by atoms with E-state index in [0.29, 0.717) is 43.5 Å². The van der Waals surface area contributed by atoms with Crippen molar-refractivity contribution in [1.82, 2.24) is 20.1 Å². The van der Waals surface area contributed by atoms with Gasteiger partial charge in [-0.3, -0.25) is 19.5 Å². The first-order valence-electron chi connectivity index (χ1n) is 15.9. The third-order valence-electron chi connectivity index (χ3n) is 9.67. The SMILES string of the molecule is C[C@@H]1CN(CC(=O)N2c3cc(Cc4ccc(F)cc4)cnc3OC[C@@H]2C2CCCCC2)[C@@H](CN2CCOC[C@H]2C)CN1. The van der Waals surface area contributed by atoms with E-state index in [4.69, 9.17) is 9.47 Å². The number of fused-ring (bicyclic) bond motifs is 1. The van der Waals surface area contributed by atoms with Crippen LogP contribution in [0.3, 0.4) is 0 Å². The standard InChI is InChI=1S/C33H46FN5O3/c1-23-18-38(29(17-35-23)19-37-12-13-41-21-24(37)2)20-32(40)39-30-15-26(14-25-8-10-28(34)11-9-25)16-36-33(30)42-22-31(39)27-6-4-3-5-7-27/h8-11,15-16,23-24,27,29,31,35H,3-7,12-14,17-22H2,1-2H3/t23-,24-,29-,31-/m1/s1. The predicted octanol–water partition coefficient (Wildman–Crippen LogP) is 3.87. The second-order valence-corrected chi connectivity index (χ2v) is 12.8. The fourth-order valence-electron chi connectivity index (χ4n) is 7.26. The van der Waals surface area contributed by atoms with Gasteiger partial charge < -0.3 is 14.8 Å². The van der Waals surface area contributed by atoms with Gasteiger partial charge >= 0.3 is 0 Å². The van der Waals surface area contributed by atoms with Crippen molar-refractivity contribution in [2.24, 2.45) is 5.92 Å². The maximum Gasteiger partial charge on any atom is 0.241 e. The number of aromatic nitrogens is 1. The summed E-state index contributed by atoms with van der Waals surface area (Å²) < 4.78 is 25.4. The fourth-order valence-corrected chi connectivity index (χ4v) is 7.26. The highest BCUT2D eigenvalue weighted by atomic mass is 19.1. The number of benzene rings is 1. The normalized spacial score (nSPS) is 27.8. The Kier molecular flexibility index (Phi) is 9.38. The maximum atomic E-state index is 14.5. The van der Waals surface area contributed by atoms with Crippen molar-refractivity contribution in [3.05, 3.63) is 53.5 Å². The average Bonchev–Trinajstić information content (AvgIpc) is 3.00. The largest absolute Gasteiger partial charge is 0.474 e. The first kappa shape index (κ1) is 29.5. The minimum atomic E-state index is -0.244. The Morgan fingerprint density at radius 2 is 1.88 bits per heavy atom. The zero-order chi connectivity index (χ0) is 29.1. The van der Waals surface area contributed by atoms with Crippen LogP contribution in [-0.4, -0.2) is 97.4 Å². The second kappa shape index (κ2) is 13.4. The van der Waals surface area contributed by atoms with E-state index in [9.17, 15) is 9.18 Å². The zero-order valence-electron chi connectivity index (χ0n) is 25.1. The lowest BCUT2D eigenvalue weighted by Crippen LogP contribution is -2.63. The molecule has 4 heterocycles. The molecule has 1 aromatic heterocycles. The van der Waals surface area contributed by atoms with E-state index in [1.54, 1.807) is 12.1 Å². The number of anilines is 1. The van der Waals surface area contributed by atoms with Gasteiger partial charge in [0.2, 0.25) is 11.8 Å². The molecule has 1 N–H and O–H groups in total. The van der Waals surface area contributed by atoms with Crippen LogP contribution in [0.4, 0.5) is 10.1 Å². The summed E-state index contributed by atoms with van der Waals surface area (Å²) in [6.07, 6.45) is 8.35. The zero-order valence-corrected chi connectivity index (χ0v) is 25.1. The molecule has 4 atom stereocenters. The number of halogens is 1. The van der Waals surface area contributed by atoms with Crippen LogP contribution in [0.2, 0.25) is 0 Å². The molecule has 2 saturated heterocycles. The molecular formula is C33H46FN5O3. The molecule has 6 rings (SSSR count). The number of carbonyl (C=O) groups is 1. The van der Waals surface area contributed by atoms with Gasteiger partial charge in [-0.15, -0.1) is 0 Å². The number of nitrogens with one attached hydrogen (secondary N) is 1. The summed E-state index contributed by atoms with van der Waals surface area (Å²) in [7, 11) is 0. The van der Waals surface area contributed by atoms with E-state index in [1.165, 1.54) is 31.4 Å². The van der Waals surface area contributed by atoms with Gasteiger partial charge in [0.05, 0.1) is 25.8 Å². The van der Waals surface area contributed by atoms with E-state index < -0.39 is 0 Å². The molecule has 1 amide bonds. The minimum absolute atomic E-state index is 0.00576. The molecule has 3 fully saturated rings. The molecule has 9 heteroatoms. The molecule has 0 unspecified atom stereocenters. The van der Waals surface area contributed by atoms with Crippen LogP contribution in [0, 0.1) is 11.7 Å². The second-order valence-electron chi connectivity index (χ2n) is 12.8. The number of amides is 1. The van der Waals surface area contributed by atoms with Crippen molar-refractivity contribution in [3.8, 4) is 5.88 Å². The first-order chi connectivity index (χ1) is 20.4. The Labute approximate surface area is 249 Å². The van der Waals surface area contributed by atoms with Crippen LogP contribution in [-0.2, 0) is 16.0 Å². The van der Waals surface area contributed by atoms with E-state index in [2.05, 4.69) is 44.9 Å². The number of piperazine rings is 1. The highest BCUT2D eigenvalue weighted by molar-refractivity contribution is 5.97. The van der Waals surface area contributed by atoms with Crippen molar-refractivity contribution in [2.75, 3.05) is 57.4 Å². The highest BCUT2D eigenvalue weighted by Gasteiger charge is 2.40. The quantitative estimate of drug-likeness (QED) is 0.534. The molecule has 0 bridgehead atoms. The maximum absolute atomic E-state index is 14.5. The van der Waals surface area contributed by atoms with Gasteiger partial charge in [-0.25, -0.2) is 9.37 Å². The molecule has 0 radical (unpaired) electrons. The molecule has 1 saturated carbocycles. The van der Waals surface area contributed by atoms with E-state index >= 15 is 0 Å². The predicted molar refractivity (Wildman–Crippen MR) is 161 cm³/mol. The van der Waals surface area contributed by atoms with Gasteiger partial charge in [-0.2, -0.15) is 0 Å². The first-order valence-corrected chi connectivity index (χ1v) is 15.9. The van der Waals surface area contributed by atoms with Crippen LogP contribution in [0.5, 0.6) is 5.88 Å². The third kappa shape index (κ3) is 6.80. The number of rotatable bonds is 7. The third-order valence-corrected chi connectivity index (χ3v) is 9.67. The Hall–Kier alpha value is -2.59. The van der Waals surface area contributed by atoms with Crippen molar-refractivity contribution < 1.29 is 18.7 Å². The van der Waals surface area contributed by atoms with Crippen LogP contribution in [0.15, 0.2) is 36.5 Å². The lowest BCUT2D eigenvalue weighted by Gasteiger charge is -2.45. The number of hydrogen-bond donors (Lipinski definition) is 1. The molecule has 8 nitrogen and oxygen atoms in total. The van der Waals surface area contributed by atoms with Gasteiger partial charge in [-0.1, -0.05) is 31.4 Å². The number of morpholine rings is 1. The van der Waals surface area contributed by atoms with E-state index in [0.717, 1.165) is 69.0 Å². The van der Waals surface area contributed by atoms with Crippen molar-refractivity contribution in [3.63, 3.8) is 0 Å². The summed E-state index contributed by atoms with van der Waals surface area (Å²) in [5.74, 6) is 0.839. The molecule has 2 aromatic rings. The molecule has 228 valence electrons. The van der Waals surface area contributed by atoms with Crippen molar-refractivity contribution in [1.29, 1.82) is 0 Å². The van der Waals surface area contributed by atoms with Crippen molar-refractivity contribution in [2.45, 2.75) is 76.5 Å². The number of pyridine rings is 1. The Morgan fingerprint density at radius 1 is 1.07 bits per heavy atom. The summed E-state index contributed by atoms with van der Waals surface area (Å²) in [6.45, 7) is 10.4. The summed E-state index contributed by atoms with van der Waals surface area (Å²) in [5, 5.41) is 3.65.